The molecule has 0 aliphatic rings. The van der Waals surface area contributed by atoms with Gasteiger partial charge in [0, 0.05) is 12.8 Å². The van der Waals surface area contributed by atoms with Crippen LogP contribution in [0.2, 0.25) is 0 Å². The highest BCUT2D eigenvalue weighted by Crippen LogP contribution is 2.10. The lowest BCUT2D eigenvalue weighted by Crippen LogP contribution is -2.11. The molecule has 0 N–H and O–H groups in total. The number of hydrogen-bond acceptors (Lipinski definition) is 4. The average Bonchev–Trinajstić information content (AvgIpc) is 2.52. The van der Waals surface area contributed by atoms with Crippen LogP contribution in [-0.4, -0.2) is 25.2 Å². The second kappa shape index (κ2) is 14.9. The van der Waals surface area contributed by atoms with Gasteiger partial charge in [0.15, 0.2) is 0 Å². The molecule has 1 atom stereocenters. The maximum absolute atomic E-state index is 11.5. The Morgan fingerprint density at radius 1 is 0.818 bits per heavy atom. The number of esters is 2. The van der Waals surface area contributed by atoms with Gasteiger partial charge in [0.25, 0.3) is 0 Å². The van der Waals surface area contributed by atoms with Crippen molar-refractivity contribution in [2.24, 2.45) is 5.92 Å². The number of carbonyl (C=O) groups excluding carboxylic acids is 2. The van der Waals surface area contributed by atoms with E-state index in [4.69, 9.17) is 9.47 Å². The van der Waals surface area contributed by atoms with Gasteiger partial charge < -0.3 is 9.47 Å². The first-order valence-corrected chi connectivity index (χ1v) is 8.91. The molecule has 0 saturated carbocycles. The van der Waals surface area contributed by atoms with Crippen molar-refractivity contribution in [3.05, 3.63) is 0 Å². The van der Waals surface area contributed by atoms with Crippen molar-refractivity contribution in [3.63, 3.8) is 0 Å². The third-order valence-electron chi connectivity index (χ3n) is 3.70. The van der Waals surface area contributed by atoms with E-state index in [2.05, 4.69) is 13.8 Å². The third-order valence-corrected chi connectivity index (χ3v) is 3.70. The Kier molecular flexibility index (Phi) is 14.1. The lowest BCUT2D eigenvalue weighted by molar-refractivity contribution is -0.145. The highest BCUT2D eigenvalue weighted by Gasteiger charge is 2.06. The van der Waals surface area contributed by atoms with Crippen LogP contribution in [0.4, 0.5) is 0 Å². The minimum Gasteiger partial charge on any atom is -0.466 e. The summed E-state index contributed by atoms with van der Waals surface area (Å²) in [6.45, 7) is 7.26. The zero-order valence-corrected chi connectivity index (χ0v) is 14.7. The fourth-order valence-electron chi connectivity index (χ4n) is 1.96. The van der Waals surface area contributed by atoms with E-state index in [1.54, 1.807) is 0 Å². The van der Waals surface area contributed by atoms with Crippen molar-refractivity contribution in [1.29, 1.82) is 0 Å². The van der Waals surface area contributed by atoms with Gasteiger partial charge in [-0.3, -0.25) is 9.59 Å². The molecule has 0 fully saturated rings. The van der Waals surface area contributed by atoms with E-state index in [0.717, 1.165) is 51.4 Å². The van der Waals surface area contributed by atoms with E-state index in [9.17, 15) is 9.59 Å². The minimum absolute atomic E-state index is 0.0704. The van der Waals surface area contributed by atoms with E-state index in [1.165, 1.54) is 0 Å². The van der Waals surface area contributed by atoms with Crippen LogP contribution in [0.25, 0.3) is 0 Å². The largest absolute Gasteiger partial charge is 0.466 e. The molecular weight excluding hydrogens is 280 g/mol. The van der Waals surface area contributed by atoms with Crippen molar-refractivity contribution in [2.45, 2.75) is 85.0 Å². The fraction of sp³-hybridized carbons (Fsp3) is 0.889. The van der Waals surface area contributed by atoms with Gasteiger partial charge in [0.2, 0.25) is 0 Å². The topological polar surface area (TPSA) is 52.6 Å². The van der Waals surface area contributed by atoms with Gasteiger partial charge in [-0.05, 0) is 25.2 Å². The van der Waals surface area contributed by atoms with Gasteiger partial charge in [-0.2, -0.15) is 0 Å². The standard InChI is InChI=1S/C18H34O4/c1-4-14-21-17(19)12-10-8-6-7-9-11-13-18(20)22-15-16(3)5-2/h16H,4-15H2,1-3H3. The number of ether oxygens (including phenoxy) is 2. The predicted molar refractivity (Wildman–Crippen MR) is 88.6 cm³/mol. The molecule has 0 aliphatic carbocycles. The zero-order valence-electron chi connectivity index (χ0n) is 14.7. The first-order chi connectivity index (χ1) is 10.6. The van der Waals surface area contributed by atoms with E-state index in [0.29, 0.717) is 32.0 Å². The van der Waals surface area contributed by atoms with Crippen molar-refractivity contribution in [1.82, 2.24) is 0 Å². The van der Waals surface area contributed by atoms with Crippen LogP contribution >= 0.6 is 0 Å². The molecule has 4 heteroatoms. The van der Waals surface area contributed by atoms with Gasteiger partial charge in [0.1, 0.15) is 0 Å². The van der Waals surface area contributed by atoms with Gasteiger partial charge in [0.05, 0.1) is 13.2 Å². The third kappa shape index (κ3) is 13.9. The van der Waals surface area contributed by atoms with Crippen LogP contribution in [0.15, 0.2) is 0 Å². The average molecular weight is 314 g/mol. The summed E-state index contributed by atoms with van der Waals surface area (Å²) < 4.78 is 10.2. The monoisotopic (exact) mass is 314 g/mol. The molecule has 4 nitrogen and oxygen atoms in total. The van der Waals surface area contributed by atoms with E-state index < -0.39 is 0 Å². The van der Waals surface area contributed by atoms with Gasteiger partial charge in [-0.25, -0.2) is 0 Å². The number of unbranched alkanes of at least 4 members (excludes halogenated alkanes) is 5. The Labute approximate surface area is 135 Å². The molecule has 0 saturated heterocycles. The summed E-state index contributed by atoms with van der Waals surface area (Å²) in [5.74, 6) is 0.304. The lowest BCUT2D eigenvalue weighted by Gasteiger charge is -2.09. The second-order valence-electron chi connectivity index (χ2n) is 6.04. The molecule has 1 unspecified atom stereocenters. The fourth-order valence-corrected chi connectivity index (χ4v) is 1.96. The van der Waals surface area contributed by atoms with Crippen molar-refractivity contribution in [2.75, 3.05) is 13.2 Å². The van der Waals surface area contributed by atoms with Crippen LogP contribution in [0.5, 0.6) is 0 Å². The number of carbonyl (C=O) groups is 2. The maximum atomic E-state index is 11.5. The van der Waals surface area contributed by atoms with Crippen LogP contribution < -0.4 is 0 Å². The molecule has 0 aromatic heterocycles. The highest BCUT2D eigenvalue weighted by atomic mass is 16.5. The zero-order chi connectivity index (χ0) is 16.6. The maximum Gasteiger partial charge on any atom is 0.305 e. The molecule has 0 amide bonds. The predicted octanol–water partition coefficient (Wildman–Crippen LogP) is 4.65. The van der Waals surface area contributed by atoms with Gasteiger partial charge in [-0.15, -0.1) is 0 Å². The molecule has 22 heavy (non-hydrogen) atoms. The Bertz CT molecular complexity index is 289. The summed E-state index contributed by atoms with van der Waals surface area (Å²) in [5, 5.41) is 0. The molecule has 130 valence electrons. The number of rotatable bonds is 14. The minimum atomic E-state index is -0.0779. The molecule has 0 spiro atoms. The van der Waals surface area contributed by atoms with E-state index in [1.807, 2.05) is 6.92 Å². The SMILES string of the molecule is CCCOC(=O)CCCCCCCCC(=O)OCC(C)CC. The van der Waals surface area contributed by atoms with Gasteiger partial charge >= 0.3 is 11.9 Å². The molecule has 0 aliphatic heterocycles. The van der Waals surface area contributed by atoms with E-state index in [-0.39, 0.29) is 11.9 Å². The summed E-state index contributed by atoms with van der Waals surface area (Å²) in [5.41, 5.74) is 0. The summed E-state index contributed by atoms with van der Waals surface area (Å²) in [6, 6.07) is 0. The Hall–Kier alpha value is -1.06. The first kappa shape index (κ1) is 20.9. The Balaban J connectivity index is 3.29. The molecular formula is C18H34O4. The van der Waals surface area contributed by atoms with Crippen molar-refractivity contribution >= 4 is 11.9 Å². The summed E-state index contributed by atoms with van der Waals surface area (Å²) in [4.78, 5) is 22.8. The molecule has 0 heterocycles. The summed E-state index contributed by atoms with van der Waals surface area (Å²) in [7, 11) is 0. The molecule has 0 radical (unpaired) electrons. The summed E-state index contributed by atoms with van der Waals surface area (Å²) >= 11 is 0. The lowest BCUT2D eigenvalue weighted by atomic mass is 10.1. The highest BCUT2D eigenvalue weighted by molar-refractivity contribution is 5.69. The summed E-state index contributed by atoms with van der Waals surface area (Å²) in [6.07, 6.45) is 9.12. The quantitative estimate of drug-likeness (QED) is 0.346. The Morgan fingerprint density at radius 3 is 1.82 bits per heavy atom. The van der Waals surface area contributed by atoms with E-state index >= 15 is 0 Å². The van der Waals surface area contributed by atoms with Crippen molar-refractivity contribution in [3.8, 4) is 0 Å². The van der Waals surface area contributed by atoms with Crippen molar-refractivity contribution < 1.29 is 19.1 Å². The van der Waals surface area contributed by atoms with Crippen LogP contribution in [0.3, 0.4) is 0 Å². The number of hydrogen-bond donors (Lipinski definition) is 0. The molecule has 0 aromatic rings. The van der Waals surface area contributed by atoms with Crippen LogP contribution in [-0.2, 0) is 19.1 Å². The molecule has 0 bridgehead atoms. The Morgan fingerprint density at radius 2 is 1.32 bits per heavy atom. The smallest absolute Gasteiger partial charge is 0.305 e. The van der Waals surface area contributed by atoms with Crippen LogP contribution in [0.1, 0.15) is 85.0 Å². The van der Waals surface area contributed by atoms with Crippen LogP contribution in [0, 0.1) is 5.92 Å². The van der Waals surface area contributed by atoms with Gasteiger partial charge in [-0.1, -0.05) is 52.9 Å². The first-order valence-electron chi connectivity index (χ1n) is 8.91. The second-order valence-corrected chi connectivity index (χ2v) is 6.04. The normalized spacial score (nSPS) is 12.0. The molecule has 0 rings (SSSR count). The molecule has 0 aromatic carbocycles.